The molecule has 0 aliphatic rings. The van der Waals surface area contributed by atoms with Crippen LogP contribution in [0, 0.1) is 5.92 Å². The topological polar surface area (TPSA) is 109 Å². The second kappa shape index (κ2) is 7.58. The summed E-state index contributed by atoms with van der Waals surface area (Å²) >= 11 is 0. The molecule has 1 unspecified atom stereocenters. The lowest BCUT2D eigenvalue weighted by atomic mass is 10.0. The minimum atomic E-state index is -3.74. The fourth-order valence-electron chi connectivity index (χ4n) is 2.02. The molecule has 0 fully saturated rings. The predicted octanol–water partition coefficient (Wildman–Crippen LogP) is 0.893. The van der Waals surface area contributed by atoms with Gasteiger partial charge in [0.05, 0.1) is 0 Å². The lowest BCUT2D eigenvalue weighted by Crippen LogP contribution is -2.29. The van der Waals surface area contributed by atoms with Crippen LogP contribution in [0.15, 0.2) is 17.2 Å². The standard InChI is InChI=1S/C13H22N2O5S/c1-3-10(5-6-16)8-14-21(19,20)11-7-12(13(17)18)15(4-2)9-11/h7,9-10,14,16H,3-6,8H2,1-2H3,(H,17,18). The van der Waals surface area contributed by atoms with Crippen LogP contribution in [0.4, 0.5) is 0 Å². The summed E-state index contributed by atoms with van der Waals surface area (Å²) in [6, 6.07) is 1.15. The molecule has 1 aromatic heterocycles. The highest BCUT2D eigenvalue weighted by Crippen LogP contribution is 2.16. The Kier molecular flexibility index (Phi) is 6.38. The number of carboxylic acid groups (broad SMARTS) is 1. The van der Waals surface area contributed by atoms with Crippen LogP contribution in [-0.4, -0.2) is 42.3 Å². The van der Waals surface area contributed by atoms with Crippen molar-refractivity contribution in [2.45, 2.75) is 38.1 Å². The number of aryl methyl sites for hydroxylation is 1. The van der Waals surface area contributed by atoms with Crippen LogP contribution >= 0.6 is 0 Å². The molecule has 0 aliphatic heterocycles. The number of aromatic nitrogens is 1. The van der Waals surface area contributed by atoms with Gasteiger partial charge in [0.2, 0.25) is 10.0 Å². The first-order chi connectivity index (χ1) is 9.85. The van der Waals surface area contributed by atoms with E-state index in [0.717, 1.165) is 12.5 Å². The van der Waals surface area contributed by atoms with Gasteiger partial charge in [-0.25, -0.2) is 17.9 Å². The van der Waals surface area contributed by atoms with E-state index in [9.17, 15) is 13.2 Å². The van der Waals surface area contributed by atoms with Crippen molar-refractivity contribution >= 4 is 16.0 Å². The number of nitrogens with one attached hydrogen (secondary N) is 1. The number of rotatable bonds is 9. The van der Waals surface area contributed by atoms with Crippen LogP contribution in [0.3, 0.4) is 0 Å². The maximum Gasteiger partial charge on any atom is 0.352 e. The van der Waals surface area contributed by atoms with Gasteiger partial charge >= 0.3 is 5.97 Å². The summed E-state index contributed by atoms with van der Waals surface area (Å²) in [6.07, 6.45) is 2.59. The third-order valence-electron chi connectivity index (χ3n) is 3.42. The molecule has 120 valence electrons. The highest BCUT2D eigenvalue weighted by molar-refractivity contribution is 7.89. The molecule has 0 aliphatic carbocycles. The number of carboxylic acids is 1. The lowest BCUT2D eigenvalue weighted by molar-refractivity contribution is 0.0685. The number of aromatic carboxylic acids is 1. The van der Waals surface area contributed by atoms with Gasteiger partial charge in [-0.2, -0.15) is 0 Å². The summed E-state index contributed by atoms with van der Waals surface area (Å²) in [5, 5.41) is 17.9. The molecule has 1 aromatic rings. The Balaban J connectivity index is 2.90. The van der Waals surface area contributed by atoms with E-state index in [1.165, 1.54) is 10.8 Å². The fourth-order valence-corrected chi connectivity index (χ4v) is 3.17. The Morgan fingerprint density at radius 3 is 2.52 bits per heavy atom. The summed E-state index contributed by atoms with van der Waals surface area (Å²) in [5.41, 5.74) is -0.0553. The smallest absolute Gasteiger partial charge is 0.352 e. The second-order valence-electron chi connectivity index (χ2n) is 4.79. The van der Waals surface area contributed by atoms with Crippen molar-refractivity contribution in [1.82, 2.24) is 9.29 Å². The van der Waals surface area contributed by atoms with Crippen molar-refractivity contribution in [3.05, 3.63) is 18.0 Å². The van der Waals surface area contributed by atoms with E-state index in [1.54, 1.807) is 6.92 Å². The van der Waals surface area contributed by atoms with Crippen LogP contribution in [0.1, 0.15) is 37.2 Å². The van der Waals surface area contributed by atoms with Gasteiger partial charge in [0, 0.05) is 25.9 Å². The van der Waals surface area contributed by atoms with Crippen molar-refractivity contribution in [1.29, 1.82) is 0 Å². The average molecular weight is 318 g/mol. The zero-order valence-corrected chi connectivity index (χ0v) is 13.1. The van der Waals surface area contributed by atoms with Gasteiger partial charge in [0.15, 0.2) is 0 Å². The number of aliphatic hydroxyl groups is 1. The summed E-state index contributed by atoms with van der Waals surface area (Å²) in [4.78, 5) is 11.0. The fraction of sp³-hybridized carbons (Fsp3) is 0.615. The van der Waals surface area contributed by atoms with E-state index < -0.39 is 16.0 Å². The van der Waals surface area contributed by atoms with Gasteiger partial charge < -0.3 is 14.8 Å². The van der Waals surface area contributed by atoms with E-state index in [4.69, 9.17) is 10.2 Å². The Morgan fingerprint density at radius 2 is 2.10 bits per heavy atom. The minimum Gasteiger partial charge on any atom is -0.477 e. The quantitative estimate of drug-likeness (QED) is 0.626. The summed E-state index contributed by atoms with van der Waals surface area (Å²) in [5.74, 6) is -1.11. The van der Waals surface area contributed by atoms with Crippen molar-refractivity contribution in [2.24, 2.45) is 5.92 Å². The van der Waals surface area contributed by atoms with E-state index in [2.05, 4.69) is 4.72 Å². The van der Waals surface area contributed by atoms with Gasteiger partial charge in [0.1, 0.15) is 10.6 Å². The van der Waals surface area contributed by atoms with Gasteiger partial charge in [-0.15, -0.1) is 0 Å². The SMILES string of the molecule is CCC(CCO)CNS(=O)(=O)c1cc(C(=O)O)n(CC)c1. The molecule has 1 heterocycles. The number of hydrogen-bond acceptors (Lipinski definition) is 4. The zero-order chi connectivity index (χ0) is 16.0. The molecule has 1 rings (SSSR count). The zero-order valence-electron chi connectivity index (χ0n) is 12.2. The Bertz CT molecular complexity index is 579. The molecule has 1 atom stereocenters. The Morgan fingerprint density at radius 1 is 1.43 bits per heavy atom. The van der Waals surface area contributed by atoms with E-state index in [0.29, 0.717) is 13.0 Å². The third kappa shape index (κ3) is 4.55. The maximum absolute atomic E-state index is 12.2. The van der Waals surface area contributed by atoms with Crippen LogP contribution in [0.25, 0.3) is 0 Å². The minimum absolute atomic E-state index is 0.00953. The number of aliphatic hydroxyl groups excluding tert-OH is 1. The van der Waals surface area contributed by atoms with Crippen molar-refractivity contribution in [2.75, 3.05) is 13.2 Å². The Hall–Kier alpha value is -1.38. The van der Waals surface area contributed by atoms with Crippen LogP contribution in [-0.2, 0) is 16.6 Å². The van der Waals surface area contributed by atoms with Crippen molar-refractivity contribution in [3.8, 4) is 0 Å². The number of nitrogens with zero attached hydrogens (tertiary/aromatic N) is 1. The highest BCUT2D eigenvalue weighted by atomic mass is 32.2. The maximum atomic E-state index is 12.2. The summed E-state index contributed by atoms with van der Waals surface area (Å²) in [6.45, 7) is 4.27. The molecule has 0 spiro atoms. The summed E-state index contributed by atoms with van der Waals surface area (Å²) < 4.78 is 28.2. The van der Waals surface area contributed by atoms with Crippen LogP contribution in [0.2, 0.25) is 0 Å². The molecule has 21 heavy (non-hydrogen) atoms. The Labute approximate surface area is 124 Å². The molecule has 0 saturated carbocycles. The van der Waals surface area contributed by atoms with Gasteiger partial charge in [-0.05, 0) is 25.3 Å². The number of carbonyl (C=O) groups is 1. The molecular formula is C13H22N2O5S. The molecule has 8 heteroatoms. The average Bonchev–Trinajstić information content (AvgIpc) is 2.88. The summed E-state index contributed by atoms with van der Waals surface area (Å²) in [7, 11) is -3.74. The van der Waals surface area contributed by atoms with Crippen molar-refractivity contribution < 1.29 is 23.4 Å². The lowest BCUT2D eigenvalue weighted by Gasteiger charge is -2.13. The van der Waals surface area contributed by atoms with Crippen LogP contribution in [0.5, 0.6) is 0 Å². The van der Waals surface area contributed by atoms with E-state index >= 15 is 0 Å². The van der Waals surface area contributed by atoms with Crippen molar-refractivity contribution in [3.63, 3.8) is 0 Å². The van der Waals surface area contributed by atoms with E-state index in [1.807, 2.05) is 6.92 Å². The molecule has 0 aromatic carbocycles. The molecular weight excluding hydrogens is 296 g/mol. The first kappa shape index (κ1) is 17.7. The second-order valence-corrected chi connectivity index (χ2v) is 6.56. The molecule has 0 bridgehead atoms. The largest absolute Gasteiger partial charge is 0.477 e. The normalized spacial score (nSPS) is 13.3. The van der Waals surface area contributed by atoms with Crippen LogP contribution < -0.4 is 4.72 Å². The molecule has 3 N–H and O–H groups in total. The monoisotopic (exact) mass is 318 g/mol. The predicted molar refractivity (Wildman–Crippen MR) is 77.7 cm³/mol. The van der Waals surface area contributed by atoms with Gasteiger partial charge in [-0.1, -0.05) is 13.3 Å². The van der Waals surface area contributed by atoms with Gasteiger partial charge in [0.25, 0.3) is 0 Å². The molecule has 0 radical (unpaired) electrons. The van der Waals surface area contributed by atoms with E-state index in [-0.39, 0.29) is 29.7 Å². The van der Waals surface area contributed by atoms with Gasteiger partial charge in [-0.3, -0.25) is 0 Å². The molecule has 7 nitrogen and oxygen atoms in total. The molecule has 0 saturated heterocycles. The third-order valence-corrected chi connectivity index (χ3v) is 4.81. The molecule has 0 amide bonds. The number of hydrogen-bond donors (Lipinski definition) is 3. The first-order valence-electron chi connectivity index (χ1n) is 6.89. The number of sulfonamides is 1. The highest BCUT2D eigenvalue weighted by Gasteiger charge is 2.21. The first-order valence-corrected chi connectivity index (χ1v) is 8.38.